The molecule has 1 unspecified atom stereocenters. The number of carbonyl (C=O) groups excluding carboxylic acids is 1. The molecule has 0 spiro atoms. The molecule has 5 nitrogen and oxygen atoms in total. The van der Waals surface area contributed by atoms with Gasteiger partial charge in [0.2, 0.25) is 5.91 Å². The molecule has 1 fully saturated rings. The maximum Gasteiger partial charge on any atom is 0.240 e. The molecule has 4 N–H and O–H groups in total. The molecule has 2 rings (SSSR count). The second kappa shape index (κ2) is 5.38. The molecule has 0 aromatic heterocycles. The van der Waals surface area contributed by atoms with E-state index in [1.165, 1.54) is 0 Å². The molecule has 1 amide bonds. The summed E-state index contributed by atoms with van der Waals surface area (Å²) >= 11 is 0. The Morgan fingerprint density at radius 1 is 1.47 bits per heavy atom. The Hall–Kier alpha value is -1.91. The van der Waals surface area contributed by atoms with Crippen molar-refractivity contribution in [3.63, 3.8) is 0 Å². The number of hydrogen-bond acceptors (Lipinski definition) is 4. The highest BCUT2D eigenvalue weighted by Gasteiger charge is 2.29. The van der Waals surface area contributed by atoms with E-state index in [9.17, 15) is 4.79 Å². The minimum Gasteiger partial charge on any atom is -0.489 e. The van der Waals surface area contributed by atoms with Crippen LogP contribution >= 0.6 is 0 Å². The molecule has 104 valence electrons. The molecule has 1 aliphatic heterocycles. The van der Waals surface area contributed by atoms with Gasteiger partial charge >= 0.3 is 0 Å². The SMILES string of the molecule is CC(C)Oc1cc(N2CCCC2C(N)=O)ccc1N. The molecule has 1 aromatic rings. The van der Waals surface area contributed by atoms with Gasteiger partial charge in [-0.15, -0.1) is 0 Å². The average molecular weight is 263 g/mol. The number of nitrogen functional groups attached to an aromatic ring is 1. The summed E-state index contributed by atoms with van der Waals surface area (Å²) in [7, 11) is 0. The Labute approximate surface area is 113 Å². The van der Waals surface area contributed by atoms with Crippen LogP contribution in [-0.4, -0.2) is 24.6 Å². The number of primary amides is 1. The fraction of sp³-hybridized carbons (Fsp3) is 0.500. The summed E-state index contributed by atoms with van der Waals surface area (Å²) in [4.78, 5) is 13.5. The second-order valence-electron chi connectivity index (χ2n) is 5.14. The van der Waals surface area contributed by atoms with Crippen LogP contribution in [0.4, 0.5) is 11.4 Å². The molecule has 1 saturated heterocycles. The lowest BCUT2D eigenvalue weighted by atomic mass is 10.2. The van der Waals surface area contributed by atoms with Gasteiger partial charge in [-0.1, -0.05) is 0 Å². The van der Waals surface area contributed by atoms with Crippen LogP contribution in [0.25, 0.3) is 0 Å². The van der Waals surface area contributed by atoms with Crippen LogP contribution in [0, 0.1) is 0 Å². The molecular formula is C14H21N3O2. The Morgan fingerprint density at radius 3 is 2.84 bits per heavy atom. The topological polar surface area (TPSA) is 81.6 Å². The third kappa shape index (κ3) is 2.92. The second-order valence-corrected chi connectivity index (χ2v) is 5.14. The largest absolute Gasteiger partial charge is 0.489 e. The number of nitrogens with two attached hydrogens (primary N) is 2. The van der Waals surface area contributed by atoms with Crippen LogP contribution in [0.3, 0.4) is 0 Å². The van der Waals surface area contributed by atoms with Crippen LogP contribution in [0.1, 0.15) is 26.7 Å². The number of anilines is 2. The number of rotatable bonds is 4. The minimum atomic E-state index is -0.277. The zero-order chi connectivity index (χ0) is 14.0. The highest BCUT2D eigenvalue weighted by atomic mass is 16.5. The first-order valence-corrected chi connectivity index (χ1v) is 6.61. The number of hydrogen-bond donors (Lipinski definition) is 2. The Kier molecular flexibility index (Phi) is 3.83. The molecule has 0 radical (unpaired) electrons. The van der Waals surface area contributed by atoms with E-state index in [0.717, 1.165) is 25.1 Å². The number of nitrogens with zero attached hydrogens (tertiary/aromatic N) is 1. The maximum atomic E-state index is 11.4. The van der Waals surface area contributed by atoms with Gasteiger partial charge in [-0.25, -0.2) is 0 Å². The highest BCUT2D eigenvalue weighted by Crippen LogP contribution is 2.32. The van der Waals surface area contributed by atoms with Crippen molar-refractivity contribution in [2.75, 3.05) is 17.2 Å². The van der Waals surface area contributed by atoms with Crippen molar-refractivity contribution < 1.29 is 9.53 Å². The molecule has 1 atom stereocenters. The van der Waals surface area contributed by atoms with Crippen molar-refractivity contribution in [2.24, 2.45) is 5.73 Å². The van der Waals surface area contributed by atoms with E-state index in [-0.39, 0.29) is 18.1 Å². The van der Waals surface area contributed by atoms with Crippen molar-refractivity contribution in [3.8, 4) is 5.75 Å². The van der Waals surface area contributed by atoms with Crippen LogP contribution in [0.2, 0.25) is 0 Å². The van der Waals surface area contributed by atoms with E-state index in [1.807, 2.05) is 36.9 Å². The lowest BCUT2D eigenvalue weighted by Crippen LogP contribution is -2.40. The molecule has 0 bridgehead atoms. The zero-order valence-corrected chi connectivity index (χ0v) is 11.4. The summed E-state index contributed by atoms with van der Waals surface area (Å²) in [6, 6.07) is 5.37. The van der Waals surface area contributed by atoms with E-state index in [1.54, 1.807) is 0 Å². The van der Waals surface area contributed by atoms with Gasteiger partial charge in [0.1, 0.15) is 11.8 Å². The van der Waals surface area contributed by atoms with Gasteiger partial charge < -0.3 is 21.1 Å². The van der Waals surface area contributed by atoms with Crippen molar-refractivity contribution >= 4 is 17.3 Å². The lowest BCUT2D eigenvalue weighted by molar-refractivity contribution is -0.119. The first kappa shape index (κ1) is 13.5. The van der Waals surface area contributed by atoms with Gasteiger partial charge in [-0.3, -0.25) is 4.79 Å². The number of carbonyl (C=O) groups is 1. The van der Waals surface area contributed by atoms with Crippen molar-refractivity contribution in [1.82, 2.24) is 0 Å². The predicted molar refractivity (Wildman–Crippen MR) is 76.2 cm³/mol. The molecular weight excluding hydrogens is 242 g/mol. The molecule has 1 heterocycles. The molecule has 1 aliphatic rings. The summed E-state index contributed by atoms with van der Waals surface area (Å²) in [5.74, 6) is 0.378. The molecule has 0 saturated carbocycles. The normalized spacial score (nSPS) is 18.9. The Bertz CT molecular complexity index is 474. The van der Waals surface area contributed by atoms with E-state index in [4.69, 9.17) is 16.2 Å². The van der Waals surface area contributed by atoms with Crippen molar-refractivity contribution in [1.29, 1.82) is 0 Å². The molecule has 0 aliphatic carbocycles. The van der Waals surface area contributed by atoms with E-state index >= 15 is 0 Å². The van der Waals surface area contributed by atoms with Crippen molar-refractivity contribution in [3.05, 3.63) is 18.2 Å². The number of ether oxygens (including phenoxy) is 1. The predicted octanol–water partition coefficient (Wildman–Crippen LogP) is 1.51. The molecule has 5 heteroatoms. The third-order valence-electron chi connectivity index (χ3n) is 3.27. The van der Waals surface area contributed by atoms with Gasteiger partial charge in [0, 0.05) is 18.3 Å². The zero-order valence-electron chi connectivity index (χ0n) is 11.4. The van der Waals surface area contributed by atoms with Crippen molar-refractivity contribution in [2.45, 2.75) is 38.8 Å². The van der Waals surface area contributed by atoms with E-state index in [2.05, 4.69) is 0 Å². The quantitative estimate of drug-likeness (QED) is 0.807. The monoisotopic (exact) mass is 263 g/mol. The Morgan fingerprint density at radius 2 is 2.21 bits per heavy atom. The van der Waals surface area contributed by atoms with Crippen LogP contribution < -0.4 is 21.1 Å². The average Bonchev–Trinajstić information content (AvgIpc) is 2.80. The van der Waals surface area contributed by atoms with Crippen LogP contribution in [0.15, 0.2) is 18.2 Å². The standard InChI is InChI=1S/C14H21N3O2/c1-9(2)19-13-8-10(5-6-11(13)15)17-7-3-4-12(17)14(16)18/h5-6,8-9,12H,3-4,7,15H2,1-2H3,(H2,16,18). The van der Waals surface area contributed by atoms with Gasteiger partial charge in [0.05, 0.1) is 11.8 Å². The Balaban J connectivity index is 2.27. The molecule has 19 heavy (non-hydrogen) atoms. The maximum absolute atomic E-state index is 11.4. The van der Waals surface area contributed by atoms with Gasteiger partial charge in [-0.2, -0.15) is 0 Å². The van der Waals surface area contributed by atoms with E-state index in [0.29, 0.717) is 11.4 Å². The minimum absolute atomic E-state index is 0.0584. The van der Waals surface area contributed by atoms with Gasteiger partial charge in [0.25, 0.3) is 0 Å². The highest BCUT2D eigenvalue weighted by molar-refractivity contribution is 5.84. The van der Waals surface area contributed by atoms with Gasteiger partial charge in [0.15, 0.2) is 0 Å². The first-order valence-electron chi connectivity index (χ1n) is 6.61. The summed E-state index contributed by atoms with van der Waals surface area (Å²) in [6.45, 7) is 4.74. The first-order chi connectivity index (χ1) is 8.99. The fourth-order valence-electron chi connectivity index (χ4n) is 2.43. The molecule has 1 aromatic carbocycles. The number of amides is 1. The third-order valence-corrected chi connectivity index (χ3v) is 3.27. The summed E-state index contributed by atoms with van der Waals surface area (Å²) in [5, 5.41) is 0. The summed E-state index contributed by atoms with van der Waals surface area (Å²) < 4.78 is 5.67. The fourth-order valence-corrected chi connectivity index (χ4v) is 2.43. The smallest absolute Gasteiger partial charge is 0.240 e. The number of benzene rings is 1. The lowest BCUT2D eigenvalue weighted by Gasteiger charge is -2.25. The summed E-state index contributed by atoms with van der Waals surface area (Å²) in [6.07, 6.45) is 1.83. The van der Waals surface area contributed by atoms with Crippen LogP contribution in [-0.2, 0) is 4.79 Å². The van der Waals surface area contributed by atoms with E-state index < -0.39 is 0 Å². The van der Waals surface area contributed by atoms with Crippen LogP contribution in [0.5, 0.6) is 5.75 Å². The van der Waals surface area contributed by atoms with Gasteiger partial charge in [-0.05, 0) is 38.8 Å². The summed E-state index contributed by atoms with van der Waals surface area (Å²) in [5.41, 5.74) is 12.9.